The number of ketones is 1. The van der Waals surface area contributed by atoms with E-state index in [4.69, 9.17) is 9.52 Å². The molecule has 0 unspecified atom stereocenters. The van der Waals surface area contributed by atoms with Gasteiger partial charge in [0.15, 0.2) is 12.7 Å². The van der Waals surface area contributed by atoms with E-state index >= 15 is 0 Å². The molecule has 9 heteroatoms. The van der Waals surface area contributed by atoms with Gasteiger partial charge in [-0.1, -0.05) is 18.2 Å². The molecule has 0 aliphatic carbocycles. The van der Waals surface area contributed by atoms with Crippen LogP contribution in [0.15, 0.2) is 45.7 Å². The predicted molar refractivity (Wildman–Crippen MR) is 89.9 cm³/mol. The van der Waals surface area contributed by atoms with Crippen LogP contribution in [0.25, 0.3) is 11.0 Å². The van der Waals surface area contributed by atoms with Crippen LogP contribution in [0, 0.1) is 17.0 Å². The van der Waals surface area contributed by atoms with Gasteiger partial charge in [-0.3, -0.25) is 4.79 Å². The van der Waals surface area contributed by atoms with Gasteiger partial charge in [-0.15, -0.1) is 0 Å². The Labute approximate surface area is 146 Å². The van der Waals surface area contributed by atoms with Gasteiger partial charge in [-0.25, -0.2) is 9.36 Å². The summed E-state index contributed by atoms with van der Waals surface area (Å²) in [7, 11) is 0. The summed E-state index contributed by atoms with van der Waals surface area (Å²) < 4.78 is 7.84. The van der Waals surface area contributed by atoms with Crippen LogP contribution >= 0.6 is 0 Å². The molecule has 0 aliphatic rings. The number of imidazole rings is 1. The Morgan fingerprint density at radius 1 is 1.38 bits per heavy atom. The van der Waals surface area contributed by atoms with E-state index in [2.05, 4.69) is 0 Å². The lowest BCUT2D eigenvalue weighted by atomic mass is 10.1. The fourth-order valence-corrected chi connectivity index (χ4v) is 2.80. The van der Waals surface area contributed by atoms with E-state index in [1.807, 2.05) is 0 Å². The molecular formula is C17H16N3O6+. The van der Waals surface area contributed by atoms with Crippen LogP contribution in [0.1, 0.15) is 16.2 Å². The highest BCUT2D eigenvalue weighted by molar-refractivity contribution is 5.97. The highest BCUT2D eigenvalue weighted by atomic mass is 16.6. The molecule has 0 saturated heterocycles. The highest BCUT2D eigenvalue weighted by Gasteiger charge is 2.26. The number of Topliss-reactive ketones (excluding diaryl/α,β-unsaturated/α-hetero) is 1. The summed E-state index contributed by atoms with van der Waals surface area (Å²) in [6.45, 7) is 1.09. The summed E-state index contributed by atoms with van der Waals surface area (Å²) >= 11 is 0. The molecule has 0 radical (unpaired) electrons. The van der Waals surface area contributed by atoms with Crippen molar-refractivity contribution in [3.05, 3.63) is 68.5 Å². The zero-order chi connectivity index (χ0) is 18.8. The quantitative estimate of drug-likeness (QED) is 0.231. The first-order valence-electron chi connectivity index (χ1n) is 7.83. The van der Waals surface area contributed by atoms with E-state index in [1.165, 1.54) is 21.4 Å². The van der Waals surface area contributed by atoms with Gasteiger partial charge in [-0.05, 0) is 17.1 Å². The van der Waals surface area contributed by atoms with Crippen LogP contribution in [0.2, 0.25) is 0 Å². The number of rotatable bonds is 6. The van der Waals surface area contributed by atoms with Gasteiger partial charge in [0.25, 0.3) is 5.82 Å². The average molecular weight is 358 g/mol. The average Bonchev–Trinajstić information content (AvgIpc) is 2.91. The van der Waals surface area contributed by atoms with Crippen LogP contribution in [0.4, 0.5) is 5.82 Å². The van der Waals surface area contributed by atoms with E-state index in [1.54, 1.807) is 31.2 Å². The highest BCUT2D eigenvalue weighted by Crippen LogP contribution is 2.14. The van der Waals surface area contributed by atoms with Crippen molar-refractivity contribution in [1.82, 2.24) is 4.57 Å². The molecule has 2 aromatic heterocycles. The molecule has 134 valence electrons. The fourth-order valence-electron chi connectivity index (χ4n) is 2.80. The van der Waals surface area contributed by atoms with E-state index in [-0.39, 0.29) is 31.1 Å². The van der Waals surface area contributed by atoms with Crippen molar-refractivity contribution >= 4 is 22.6 Å². The standard InChI is InChI=1S/C17H16N3O6/c1-11-18(10-16(20(24)25)19(11)6-7-21)9-14(22)13-8-12-4-2-3-5-15(12)26-17(13)23/h2-5,8,10,21H,6-7,9H2,1H3/q+1. The van der Waals surface area contributed by atoms with Crippen LogP contribution in [0.5, 0.6) is 0 Å². The summed E-state index contributed by atoms with van der Waals surface area (Å²) in [4.78, 5) is 35.2. The van der Waals surface area contributed by atoms with Crippen molar-refractivity contribution in [2.45, 2.75) is 20.0 Å². The number of hydrogen-bond donors (Lipinski definition) is 1. The number of aliphatic hydroxyl groups excluding tert-OH is 1. The van der Waals surface area contributed by atoms with Crippen molar-refractivity contribution in [3.8, 4) is 0 Å². The minimum Gasteiger partial charge on any atom is -0.422 e. The van der Waals surface area contributed by atoms with E-state index in [0.29, 0.717) is 16.8 Å². The molecular weight excluding hydrogens is 342 g/mol. The maximum atomic E-state index is 12.6. The molecule has 0 aliphatic heterocycles. The number of nitro groups is 1. The molecule has 26 heavy (non-hydrogen) atoms. The molecule has 9 nitrogen and oxygen atoms in total. The molecule has 0 bridgehead atoms. The largest absolute Gasteiger partial charge is 0.422 e. The van der Waals surface area contributed by atoms with Crippen molar-refractivity contribution in [2.24, 2.45) is 0 Å². The lowest BCUT2D eigenvalue weighted by molar-refractivity contribution is -0.689. The first kappa shape index (κ1) is 17.5. The Balaban J connectivity index is 1.98. The second kappa shape index (κ2) is 6.89. The minimum absolute atomic E-state index is 0.0292. The molecule has 1 N–H and O–H groups in total. The van der Waals surface area contributed by atoms with Gasteiger partial charge < -0.3 is 19.6 Å². The topological polar surface area (TPSA) is 119 Å². The third-order valence-corrected chi connectivity index (χ3v) is 4.12. The van der Waals surface area contributed by atoms with E-state index in [9.17, 15) is 19.7 Å². The third-order valence-electron chi connectivity index (χ3n) is 4.12. The zero-order valence-corrected chi connectivity index (χ0v) is 13.9. The number of hydrogen-bond acceptors (Lipinski definition) is 6. The second-order valence-electron chi connectivity index (χ2n) is 5.70. The van der Waals surface area contributed by atoms with Crippen LogP contribution in [-0.4, -0.2) is 27.0 Å². The zero-order valence-electron chi connectivity index (χ0n) is 13.9. The summed E-state index contributed by atoms with van der Waals surface area (Å²) in [6.07, 6.45) is 1.21. The Bertz CT molecular complexity index is 1070. The number of para-hydroxylation sites is 1. The van der Waals surface area contributed by atoms with E-state index < -0.39 is 16.3 Å². The maximum absolute atomic E-state index is 12.6. The molecule has 2 heterocycles. The van der Waals surface area contributed by atoms with Crippen molar-refractivity contribution in [3.63, 3.8) is 0 Å². The molecule has 0 amide bonds. The lowest BCUT2D eigenvalue weighted by Gasteiger charge is -2.02. The number of benzene rings is 1. The van der Waals surface area contributed by atoms with Crippen LogP contribution in [0.3, 0.4) is 0 Å². The van der Waals surface area contributed by atoms with Gasteiger partial charge in [0.05, 0.1) is 6.61 Å². The lowest BCUT2D eigenvalue weighted by Crippen LogP contribution is -2.40. The summed E-state index contributed by atoms with van der Waals surface area (Å²) in [5.74, 6) is -0.340. The first-order valence-corrected chi connectivity index (χ1v) is 7.83. The molecule has 3 rings (SSSR count). The molecule has 0 fully saturated rings. The normalized spacial score (nSPS) is 11.0. The number of carbonyl (C=O) groups is 1. The molecule has 0 spiro atoms. The summed E-state index contributed by atoms with van der Waals surface area (Å²) in [6, 6.07) is 8.28. The Morgan fingerprint density at radius 3 is 2.81 bits per heavy atom. The number of carbonyl (C=O) groups excluding carboxylic acids is 1. The van der Waals surface area contributed by atoms with Crippen LogP contribution in [-0.2, 0) is 13.1 Å². The number of aliphatic hydroxyl groups is 1. The van der Waals surface area contributed by atoms with Gasteiger partial charge in [0, 0.05) is 12.3 Å². The van der Waals surface area contributed by atoms with Gasteiger partial charge in [0.2, 0.25) is 5.78 Å². The molecule has 3 aromatic rings. The van der Waals surface area contributed by atoms with E-state index in [0.717, 1.165) is 0 Å². The predicted octanol–water partition coefficient (Wildman–Crippen LogP) is 0.974. The third kappa shape index (κ3) is 3.11. The molecule has 0 saturated carbocycles. The van der Waals surface area contributed by atoms with Crippen LogP contribution < -0.4 is 10.2 Å². The summed E-state index contributed by atoms with van der Waals surface area (Å²) in [5.41, 5.74) is -0.493. The second-order valence-corrected chi connectivity index (χ2v) is 5.70. The van der Waals surface area contributed by atoms with Crippen molar-refractivity contribution in [1.29, 1.82) is 0 Å². The fraction of sp³-hybridized carbons (Fsp3) is 0.235. The molecule has 0 atom stereocenters. The monoisotopic (exact) mass is 358 g/mol. The minimum atomic E-state index is -0.753. The smallest absolute Gasteiger partial charge is 0.365 e. The van der Waals surface area contributed by atoms with Gasteiger partial charge in [0.1, 0.15) is 17.7 Å². The van der Waals surface area contributed by atoms with Gasteiger partial charge in [-0.2, -0.15) is 4.57 Å². The molecule has 1 aromatic carbocycles. The van der Waals surface area contributed by atoms with Gasteiger partial charge >= 0.3 is 11.4 Å². The SMILES string of the molecule is Cc1n(CCO)c([N+](=O)[O-])c[n+]1CC(=O)c1cc2ccccc2oc1=O. The number of fused-ring (bicyclic) bond motifs is 1. The number of nitrogens with zero attached hydrogens (tertiary/aromatic N) is 3. The van der Waals surface area contributed by atoms with Crippen molar-refractivity contribution in [2.75, 3.05) is 6.61 Å². The maximum Gasteiger partial charge on any atom is 0.365 e. The Hall–Kier alpha value is -3.33. The van der Waals surface area contributed by atoms with Crippen molar-refractivity contribution < 1.29 is 23.8 Å². The summed E-state index contributed by atoms with van der Waals surface area (Å²) in [5, 5.41) is 20.9. The number of aromatic nitrogens is 2. The Morgan fingerprint density at radius 2 is 2.12 bits per heavy atom. The Kier molecular flexibility index (Phi) is 4.63. The first-order chi connectivity index (χ1) is 12.4.